The minimum Gasteiger partial charge on any atom is -0.332 e. The Morgan fingerprint density at radius 3 is 2.71 bits per heavy atom. The highest BCUT2D eigenvalue weighted by atomic mass is 35.5. The van der Waals surface area contributed by atoms with E-state index in [0.29, 0.717) is 5.92 Å². The van der Waals surface area contributed by atoms with Crippen LogP contribution in [0.25, 0.3) is 11.0 Å². The first-order chi connectivity index (χ1) is 6.61. The van der Waals surface area contributed by atoms with Crippen LogP contribution >= 0.6 is 11.6 Å². The fraction of sp³-hybridized carbons (Fsp3) is 0.364. The molecule has 0 atom stereocenters. The second kappa shape index (κ2) is 3.28. The Morgan fingerprint density at radius 2 is 2.14 bits per heavy atom. The molecule has 2 heterocycles. The summed E-state index contributed by atoms with van der Waals surface area (Å²) >= 11 is 6.09. The molecular formula is C11H13ClN2. The molecule has 0 saturated heterocycles. The lowest BCUT2D eigenvalue weighted by Crippen LogP contribution is -1.98. The Balaban J connectivity index is 2.80. The number of hydrogen-bond acceptors (Lipinski definition) is 1. The van der Waals surface area contributed by atoms with Gasteiger partial charge >= 0.3 is 0 Å². The van der Waals surface area contributed by atoms with Gasteiger partial charge in [0.25, 0.3) is 0 Å². The Hall–Kier alpha value is -1.02. The third kappa shape index (κ3) is 1.30. The van der Waals surface area contributed by atoms with Gasteiger partial charge in [0.2, 0.25) is 0 Å². The lowest BCUT2D eigenvalue weighted by atomic mass is 10.1. The number of rotatable bonds is 1. The summed E-state index contributed by atoms with van der Waals surface area (Å²) in [6, 6.07) is 3.95. The van der Waals surface area contributed by atoms with Gasteiger partial charge in [-0.15, -0.1) is 0 Å². The van der Waals surface area contributed by atoms with Crippen LogP contribution in [0.4, 0.5) is 0 Å². The van der Waals surface area contributed by atoms with Crippen LogP contribution in [0.3, 0.4) is 0 Å². The van der Waals surface area contributed by atoms with Crippen LogP contribution in [0.1, 0.15) is 25.5 Å². The highest BCUT2D eigenvalue weighted by molar-refractivity contribution is 6.35. The van der Waals surface area contributed by atoms with Crippen LogP contribution in [0.5, 0.6) is 0 Å². The smallest absolute Gasteiger partial charge is 0.141 e. The van der Waals surface area contributed by atoms with Crippen LogP contribution in [0, 0.1) is 0 Å². The molecule has 2 aromatic heterocycles. The van der Waals surface area contributed by atoms with Gasteiger partial charge in [0.15, 0.2) is 0 Å². The van der Waals surface area contributed by atoms with Gasteiger partial charge < -0.3 is 4.57 Å². The fourth-order valence-corrected chi connectivity index (χ4v) is 1.96. The summed E-state index contributed by atoms with van der Waals surface area (Å²) in [5, 5.41) is 1.82. The number of fused-ring (bicyclic) bond motifs is 1. The molecule has 2 aromatic rings. The molecule has 14 heavy (non-hydrogen) atoms. The first-order valence-corrected chi connectivity index (χ1v) is 5.09. The maximum Gasteiger partial charge on any atom is 0.141 e. The van der Waals surface area contributed by atoms with Crippen LogP contribution in [0.2, 0.25) is 5.02 Å². The first kappa shape index (κ1) is 9.53. The molecule has 0 aliphatic heterocycles. The van der Waals surface area contributed by atoms with Gasteiger partial charge in [0.1, 0.15) is 5.65 Å². The third-order valence-corrected chi connectivity index (χ3v) is 2.83. The first-order valence-electron chi connectivity index (χ1n) is 4.71. The van der Waals surface area contributed by atoms with Crippen molar-refractivity contribution in [2.75, 3.05) is 0 Å². The van der Waals surface area contributed by atoms with E-state index in [1.54, 1.807) is 6.20 Å². The lowest BCUT2D eigenvalue weighted by molar-refractivity contribution is 0.751. The summed E-state index contributed by atoms with van der Waals surface area (Å²) in [5.74, 6) is 0.491. The molecule has 2 nitrogen and oxygen atoms in total. The zero-order valence-electron chi connectivity index (χ0n) is 8.58. The molecule has 0 fully saturated rings. The minimum absolute atomic E-state index is 0.491. The number of aromatic nitrogens is 2. The van der Waals surface area contributed by atoms with Crippen molar-refractivity contribution in [2.45, 2.75) is 19.8 Å². The molecule has 0 amide bonds. The zero-order chi connectivity index (χ0) is 10.3. The third-order valence-electron chi connectivity index (χ3n) is 2.50. The molecule has 0 N–H and O–H groups in total. The van der Waals surface area contributed by atoms with E-state index in [2.05, 4.69) is 29.5 Å². The molecule has 0 unspecified atom stereocenters. The van der Waals surface area contributed by atoms with Crippen molar-refractivity contribution in [3.63, 3.8) is 0 Å². The van der Waals surface area contributed by atoms with E-state index in [9.17, 15) is 0 Å². The van der Waals surface area contributed by atoms with E-state index in [-0.39, 0.29) is 0 Å². The van der Waals surface area contributed by atoms with Gasteiger partial charge in [-0.25, -0.2) is 4.98 Å². The van der Waals surface area contributed by atoms with Gasteiger partial charge in [-0.05, 0) is 18.1 Å². The van der Waals surface area contributed by atoms with Crippen molar-refractivity contribution in [2.24, 2.45) is 7.05 Å². The summed E-state index contributed by atoms with van der Waals surface area (Å²) in [7, 11) is 2.03. The molecule has 3 heteroatoms. The SMILES string of the molecule is CC(C)c1cc2c(Cl)ccnc2n1C. The highest BCUT2D eigenvalue weighted by Gasteiger charge is 2.11. The standard InChI is InChI=1S/C11H13ClN2/c1-7(2)10-6-8-9(12)4-5-13-11(8)14(10)3/h4-7H,1-3H3. The molecule has 0 aliphatic carbocycles. The lowest BCUT2D eigenvalue weighted by Gasteiger charge is -2.05. The van der Waals surface area contributed by atoms with Gasteiger partial charge in [0.05, 0.1) is 5.02 Å². The molecule has 0 bridgehead atoms. The van der Waals surface area contributed by atoms with E-state index in [4.69, 9.17) is 11.6 Å². The van der Waals surface area contributed by atoms with Gasteiger partial charge in [-0.3, -0.25) is 0 Å². The highest BCUT2D eigenvalue weighted by Crippen LogP contribution is 2.27. The molecule has 0 radical (unpaired) electrons. The molecule has 0 aliphatic rings. The van der Waals surface area contributed by atoms with Crippen LogP contribution < -0.4 is 0 Å². The molecule has 2 rings (SSSR count). The van der Waals surface area contributed by atoms with Crippen molar-refractivity contribution in [3.05, 3.63) is 29.0 Å². The quantitative estimate of drug-likeness (QED) is 0.703. The van der Waals surface area contributed by atoms with Gasteiger partial charge in [0, 0.05) is 24.3 Å². The number of aryl methyl sites for hydroxylation is 1. The topological polar surface area (TPSA) is 17.8 Å². The van der Waals surface area contributed by atoms with Gasteiger partial charge in [-0.2, -0.15) is 0 Å². The van der Waals surface area contributed by atoms with Crippen LogP contribution in [-0.2, 0) is 7.05 Å². The Labute approximate surface area is 88.5 Å². The van der Waals surface area contributed by atoms with Crippen molar-refractivity contribution in [3.8, 4) is 0 Å². The number of hydrogen-bond donors (Lipinski definition) is 0. The van der Waals surface area contributed by atoms with E-state index in [1.165, 1.54) is 5.69 Å². The number of halogens is 1. The van der Waals surface area contributed by atoms with Crippen LogP contribution in [0.15, 0.2) is 18.3 Å². The normalized spacial score (nSPS) is 11.5. The average Bonchev–Trinajstić information content (AvgIpc) is 2.46. The number of nitrogens with zero attached hydrogens (tertiary/aromatic N) is 2. The van der Waals surface area contributed by atoms with Crippen molar-refractivity contribution >= 4 is 22.6 Å². The predicted octanol–water partition coefficient (Wildman–Crippen LogP) is 3.35. The number of pyridine rings is 1. The van der Waals surface area contributed by atoms with Crippen molar-refractivity contribution < 1.29 is 0 Å². The maximum absolute atomic E-state index is 6.09. The predicted molar refractivity (Wildman–Crippen MR) is 59.8 cm³/mol. The second-order valence-corrected chi connectivity index (χ2v) is 4.22. The summed E-state index contributed by atoms with van der Waals surface area (Å²) in [6.45, 7) is 4.34. The summed E-state index contributed by atoms with van der Waals surface area (Å²) in [5.41, 5.74) is 2.22. The molecule has 0 saturated carbocycles. The molecular weight excluding hydrogens is 196 g/mol. The summed E-state index contributed by atoms with van der Waals surface area (Å²) < 4.78 is 2.10. The van der Waals surface area contributed by atoms with E-state index >= 15 is 0 Å². The maximum atomic E-state index is 6.09. The second-order valence-electron chi connectivity index (χ2n) is 3.81. The monoisotopic (exact) mass is 208 g/mol. The van der Waals surface area contributed by atoms with Gasteiger partial charge in [-0.1, -0.05) is 25.4 Å². The zero-order valence-corrected chi connectivity index (χ0v) is 9.34. The Kier molecular flexibility index (Phi) is 2.23. The molecule has 74 valence electrons. The van der Waals surface area contributed by atoms with Crippen LogP contribution in [-0.4, -0.2) is 9.55 Å². The Bertz CT molecular complexity index is 471. The average molecular weight is 209 g/mol. The fourth-order valence-electron chi connectivity index (χ4n) is 1.76. The van der Waals surface area contributed by atoms with Crippen molar-refractivity contribution in [1.29, 1.82) is 0 Å². The largest absolute Gasteiger partial charge is 0.332 e. The van der Waals surface area contributed by atoms with E-state index in [0.717, 1.165) is 16.1 Å². The van der Waals surface area contributed by atoms with Crippen molar-refractivity contribution in [1.82, 2.24) is 9.55 Å². The van der Waals surface area contributed by atoms with E-state index in [1.807, 2.05) is 13.1 Å². The minimum atomic E-state index is 0.491. The molecule has 0 aromatic carbocycles. The Morgan fingerprint density at radius 1 is 1.43 bits per heavy atom. The summed E-state index contributed by atoms with van der Waals surface area (Å²) in [6.07, 6.45) is 1.74. The molecule has 0 spiro atoms. The van der Waals surface area contributed by atoms with E-state index < -0.39 is 0 Å². The summed E-state index contributed by atoms with van der Waals surface area (Å²) in [4.78, 5) is 4.32.